The number of rotatable bonds is 5. The molecule has 0 bridgehead atoms. The zero-order chi connectivity index (χ0) is 20.5. The van der Waals surface area contributed by atoms with Crippen molar-refractivity contribution in [1.82, 2.24) is 19.9 Å². The summed E-state index contributed by atoms with van der Waals surface area (Å²) in [6, 6.07) is 15.5. The molecule has 1 unspecified atom stereocenters. The Labute approximate surface area is 174 Å². The highest BCUT2D eigenvalue weighted by Gasteiger charge is 2.13. The Morgan fingerprint density at radius 3 is 2.45 bits per heavy atom. The molecule has 0 aliphatic carbocycles. The number of H-pyrrole nitrogens is 1. The van der Waals surface area contributed by atoms with Crippen LogP contribution in [0.15, 0.2) is 48.5 Å². The highest BCUT2D eigenvalue weighted by atomic mass is 35.5. The minimum absolute atomic E-state index is 0.00128. The number of imidazole rings is 1. The van der Waals surface area contributed by atoms with Crippen molar-refractivity contribution >= 4 is 22.6 Å². The largest absolute Gasteiger partial charge is 0.493 e. The average Bonchev–Trinajstić information content (AvgIpc) is 3.11. The van der Waals surface area contributed by atoms with Crippen molar-refractivity contribution in [3.8, 4) is 17.1 Å². The van der Waals surface area contributed by atoms with E-state index in [1.54, 1.807) is 6.07 Å². The van der Waals surface area contributed by atoms with E-state index in [9.17, 15) is 5.11 Å². The fourth-order valence-corrected chi connectivity index (χ4v) is 3.53. The Morgan fingerprint density at radius 2 is 1.72 bits per heavy atom. The van der Waals surface area contributed by atoms with Crippen molar-refractivity contribution in [3.63, 3.8) is 0 Å². The zero-order valence-electron chi connectivity index (χ0n) is 16.6. The van der Waals surface area contributed by atoms with Gasteiger partial charge in [-0.05, 0) is 30.2 Å². The molecule has 148 valence electrons. The Bertz CT molecular complexity index is 1150. The monoisotopic (exact) mass is 406 g/mol. The first kappa shape index (κ1) is 19.4. The van der Waals surface area contributed by atoms with Crippen LogP contribution in [0.4, 0.5) is 0 Å². The molecular formula is C23H23ClN4O. The Hall–Kier alpha value is -2.92. The molecule has 4 aromatic rings. The first-order chi connectivity index (χ1) is 13.9. The van der Waals surface area contributed by atoms with E-state index in [-0.39, 0.29) is 17.7 Å². The van der Waals surface area contributed by atoms with Crippen LogP contribution >= 0.6 is 11.6 Å². The van der Waals surface area contributed by atoms with Crippen LogP contribution < -0.4 is 0 Å². The minimum atomic E-state index is 0.00128. The van der Waals surface area contributed by atoms with Gasteiger partial charge in [0.05, 0.1) is 16.7 Å². The molecule has 2 aromatic heterocycles. The first-order valence-corrected chi connectivity index (χ1v) is 10.1. The number of aromatic hydroxyl groups is 1. The second-order valence-corrected chi connectivity index (χ2v) is 8.15. The maximum absolute atomic E-state index is 9.91. The van der Waals surface area contributed by atoms with E-state index in [2.05, 4.69) is 34.0 Å². The Balaban J connectivity index is 1.53. The number of benzene rings is 2. The normalized spacial score (nSPS) is 12.6. The van der Waals surface area contributed by atoms with Crippen LogP contribution in [-0.2, 0) is 6.42 Å². The second-order valence-electron chi connectivity index (χ2n) is 7.71. The van der Waals surface area contributed by atoms with E-state index in [1.807, 2.05) is 44.2 Å². The molecule has 0 saturated heterocycles. The van der Waals surface area contributed by atoms with E-state index in [0.29, 0.717) is 10.8 Å². The van der Waals surface area contributed by atoms with Crippen LogP contribution in [0.3, 0.4) is 0 Å². The van der Waals surface area contributed by atoms with Gasteiger partial charge in [-0.25, -0.2) is 9.97 Å². The number of hydrogen-bond acceptors (Lipinski definition) is 4. The lowest BCUT2D eigenvalue weighted by Crippen LogP contribution is -2.01. The van der Waals surface area contributed by atoms with E-state index in [0.717, 1.165) is 34.5 Å². The lowest BCUT2D eigenvalue weighted by atomic mass is 9.99. The smallest absolute Gasteiger partial charge is 0.214 e. The summed E-state index contributed by atoms with van der Waals surface area (Å²) in [5.74, 6) is 1.99. The van der Waals surface area contributed by atoms with Crippen molar-refractivity contribution in [2.24, 2.45) is 0 Å². The molecule has 2 heterocycles. The lowest BCUT2D eigenvalue weighted by molar-refractivity contribution is 0.447. The molecule has 0 amide bonds. The van der Waals surface area contributed by atoms with Crippen LogP contribution in [-0.4, -0.2) is 25.0 Å². The van der Waals surface area contributed by atoms with Gasteiger partial charge < -0.3 is 10.1 Å². The molecule has 0 radical (unpaired) electrons. The Morgan fingerprint density at radius 1 is 0.966 bits per heavy atom. The average molecular weight is 407 g/mol. The summed E-state index contributed by atoms with van der Waals surface area (Å²) >= 11 is 6.07. The van der Waals surface area contributed by atoms with Gasteiger partial charge in [0, 0.05) is 28.5 Å². The SMILES string of the molecule is CC(C)c1nc(O)cc(-c2ccc(CC(C)c3nc4ccc(Cl)cc4[nH]3)cc2)n1. The number of aromatic amines is 1. The van der Waals surface area contributed by atoms with E-state index in [4.69, 9.17) is 16.6 Å². The maximum Gasteiger partial charge on any atom is 0.214 e. The van der Waals surface area contributed by atoms with E-state index < -0.39 is 0 Å². The minimum Gasteiger partial charge on any atom is -0.493 e. The van der Waals surface area contributed by atoms with Crippen LogP contribution in [0.1, 0.15) is 49.8 Å². The van der Waals surface area contributed by atoms with Crippen molar-refractivity contribution in [1.29, 1.82) is 0 Å². The molecule has 1 atom stereocenters. The van der Waals surface area contributed by atoms with Crippen LogP contribution in [0.25, 0.3) is 22.3 Å². The highest BCUT2D eigenvalue weighted by Crippen LogP contribution is 2.26. The van der Waals surface area contributed by atoms with Gasteiger partial charge in [0.1, 0.15) is 11.6 Å². The number of hydrogen-bond donors (Lipinski definition) is 2. The summed E-state index contributed by atoms with van der Waals surface area (Å²) in [4.78, 5) is 16.7. The van der Waals surface area contributed by atoms with Gasteiger partial charge >= 0.3 is 0 Å². The summed E-state index contributed by atoms with van der Waals surface area (Å²) in [6.45, 7) is 6.18. The van der Waals surface area contributed by atoms with Gasteiger partial charge in [0.25, 0.3) is 0 Å². The quantitative estimate of drug-likeness (QED) is 0.436. The zero-order valence-corrected chi connectivity index (χ0v) is 17.4. The second kappa shape index (κ2) is 7.84. The highest BCUT2D eigenvalue weighted by molar-refractivity contribution is 6.31. The maximum atomic E-state index is 9.91. The third-order valence-corrected chi connectivity index (χ3v) is 5.20. The summed E-state index contributed by atoms with van der Waals surface area (Å²) in [5.41, 5.74) is 4.78. The van der Waals surface area contributed by atoms with Gasteiger partial charge in [-0.3, -0.25) is 0 Å². The van der Waals surface area contributed by atoms with Crippen LogP contribution in [0.5, 0.6) is 5.88 Å². The predicted octanol–water partition coefficient (Wildman–Crippen LogP) is 5.85. The Kier molecular flexibility index (Phi) is 5.24. The fourth-order valence-electron chi connectivity index (χ4n) is 3.36. The molecule has 5 nitrogen and oxygen atoms in total. The number of nitrogens with zero attached hydrogens (tertiary/aromatic N) is 3. The third kappa shape index (κ3) is 4.25. The summed E-state index contributed by atoms with van der Waals surface area (Å²) in [5, 5.41) is 10.6. The molecule has 0 spiro atoms. The van der Waals surface area contributed by atoms with Gasteiger partial charge in [-0.2, -0.15) is 4.98 Å². The standard InChI is InChI=1S/C23H23ClN4O/c1-13(2)22-26-19(12-21(29)28-22)16-6-4-15(5-7-16)10-14(3)23-25-18-9-8-17(24)11-20(18)27-23/h4-9,11-14H,10H2,1-3H3,(H,25,27)(H,26,28,29). The van der Waals surface area contributed by atoms with Gasteiger partial charge in [0.2, 0.25) is 5.88 Å². The van der Waals surface area contributed by atoms with Crippen LogP contribution in [0.2, 0.25) is 5.02 Å². The summed E-state index contributed by atoms with van der Waals surface area (Å²) in [7, 11) is 0. The first-order valence-electron chi connectivity index (χ1n) is 9.71. The molecule has 2 aromatic carbocycles. The van der Waals surface area contributed by atoms with Crippen molar-refractivity contribution in [3.05, 3.63) is 70.8 Å². The summed E-state index contributed by atoms with van der Waals surface area (Å²) < 4.78 is 0. The molecule has 0 fully saturated rings. The molecule has 0 saturated carbocycles. The molecule has 0 aliphatic rings. The van der Waals surface area contributed by atoms with Crippen molar-refractivity contribution in [2.45, 2.75) is 39.0 Å². The molecule has 0 aliphatic heterocycles. The van der Waals surface area contributed by atoms with Gasteiger partial charge in [0.15, 0.2) is 0 Å². The van der Waals surface area contributed by atoms with E-state index in [1.165, 1.54) is 5.56 Å². The molecule has 4 rings (SSSR count). The number of aromatic nitrogens is 4. The third-order valence-electron chi connectivity index (χ3n) is 4.97. The number of halogens is 1. The van der Waals surface area contributed by atoms with Crippen molar-refractivity contribution < 1.29 is 5.11 Å². The summed E-state index contributed by atoms with van der Waals surface area (Å²) in [6.07, 6.45) is 0.861. The molecular weight excluding hydrogens is 384 g/mol. The van der Waals surface area contributed by atoms with E-state index >= 15 is 0 Å². The van der Waals surface area contributed by atoms with Gasteiger partial charge in [-0.15, -0.1) is 0 Å². The van der Waals surface area contributed by atoms with Crippen molar-refractivity contribution in [2.75, 3.05) is 0 Å². The van der Waals surface area contributed by atoms with Crippen LogP contribution in [0, 0.1) is 0 Å². The molecule has 6 heteroatoms. The fraction of sp³-hybridized carbons (Fsp3) is 0.261. The number of fused-ring (bicyclic) bond motifs is 1. The molecule has 29 heavy (non-hydrogen) atoms. The lowest BCUT2D eigenvalue weighted by Gasteiger charge is -2.10. The molecule has 2 N–H and O–H groups in total. The van der Waals surface area contributed by atoms with Gasteiger partial charge in [-0.1, -0.05) is 56.6 Å². The topological polar surface area (TPSA) is 74.7 Å². The number of nitrogens with one attached hydrogen (secondary N) is 1. The predicted molar refractivity (Wildman–Crippen MR) is 116 cm³/mol.